The Bertz CT molecular complexity index is 794. The van der Waals surface area contributed by atoms with Crippen LogP contribution >= 0.6 is 0 Å². The minimum Gasteiger partial charge on any atom is -0.487 e. The summed E-state index contributed by atoms with van der Waals surface area (Å²) in [5.74, 6) is 0.0940. The van der Waals surface area contributed by atoms with Crippen LogP contribution in [-0.4, -0.2) is 56.3 Å². The fourth-order valence-electron chi connectivity index (χ4n) is 3.53. The van der Waals surface area contributed by atoms with Crippen molar-refractivity contribution in [3.8, 4) is 5.75 Å². The molecule has 1 atom stereocenters. The lowest BCUT2D eigenvalue weighted by atomic mass is 10.1. The summed E-state index contributed by atoms with van der Waals surface area (Å²) < 4.78 is 44.9. The number of ether oxygens (including phenoxy) is 1. The van der Waals surface area contributed by atoms with E-state index in [2.05, 4.69) is 5.32 Å². The molecule has 2 aliphatic rings. The highest BCUT2D eigenvalue weighted by molar-refractivity contribution is 7.89. The number of anilines is 1. The summed E-state index contributed by atoms with van der Waals surface area (Å²) >= 11 is 0. The fourth-order valence-corrected chi connectivity index (χ4v) is 5.07. The largest absolute Gasteiger partial charge is 0.487 e. The smallest absolute Gasteiger partial charge is 0.322 e. The third-order valence-electron chi connectivity index (χ3n) is 4.86. The van der Waals surface area contributed by atoms with E-state index in [1.165, 1.54) is 22.5 Å². The van der Waals surface area contributed by atoms with Crippen LogP contribution in [-0.2, 0) is 10.0 Å². The van der Waals surface area contributed by atoms with Gasteiger partial charge in [-0.05, 0) is 38.3 Å². The maximum absolute atomic E-state index is 13.5. The van der Waals surface area contributed by atoms with Crippen LogP contribution in [0.2, 0.25) is 0 Å². The second-order valence-corrected chi connectivity index (χ2v) is 9.18. The normalized spacial score (nSPS) is 21.4. The van der Waals surface area contributed by atoms with Crippen LogP contribution in [0.4, 0.5) is 14.9 Å². The number of hydrogen-bond acceptors (Lipinski definition) is 4. The number of rotatable bonds is 4. The van der Waals surface area contributed by atoms with Crippen molar-refractivity contribution < 1.29 is 22.3 Å². The summed E-state index contributed by atoms with van der Waals surface area (Å²) in [7, 11) is -3.20. The number of urea groups is 1. The number of carbonyl (C=O) groups excluding carboxylic acids is 1. The Morgan fingerprint density at radius 3 is 2.70 bits per heavy atom. The van der Waals surface area contributed by atoms with E-state index in [-0.39, 0.29) is 23.9 Å². The van der Waals surface area contributed by atoms with Gasteiger partial charge in [0.05, 0.1) is 18.0 Å². The number of hydrogen-bond donors (Lipinski definition) is 1. The second kappa shape index (κ2) is 8.02. The van der Waals surface area contributed by atoms with E-state index >= 15 is 0 Å². The summed E-state index contributed by atoms with van der Waals surface area (Å²) in [4.78, 5) is 14.3. The molecule has 1 aromatic carbocycles. The van der Waals surface area contributed by atoms with Gasteiger partial charge in [0.25, 0.3) is 0 Å². The van der Waals surface area contributed by atoms with Gasteiger partial charge in [0, 0.05) is 25.2 Å². The van der Waals surface area contributed by atoms with Gasteiger partial charge in [-0.2, -0.15) is 0 Å². The van der Waals surface area contributed by atoms with Crippen molar-refractivity contribution in [1.82, 2.24) is 9.62 Å². The van der Waals surface area contributed by atoms with Crippen LogP contribution in [0.15, 0.2) is 18.2 Å². The molecule has 0 bridgehead atoms. The monoisotopic (exact) mass is 399 g/mol. The van der Waals surface area contributed by atoms with Crippen molar-refractivity contribution in [3.05, 3.63) is 24.0 Å². The molecule has 2 heterocycles. The van der Waals surface area contributed by atoms with E-state index in [1.54, 1.807) is 4.90 Å². The van der Waals surface area contributed by atoms with Crippen LogP contribution in [0.5, 0.6) is 5.75 Å². The average molecular weight is 399 g/mol. The summed E-state index contributed by atoms with van der Waals surface area (Å²) in [5.41, 5.74) is 0.537. The molecular formula is C18H26FN3O4S. The number of halogens is 1. The van der Waals surface area contributed by atoms with Crippen molar-refractivity contribution in [1.29, 1.82) is 0 Å². The molecule has 2 amide bonds. The molecule has 1 aromatic rings. The van der Waals surface area contributed by atoms with Gasteiger partial charge in [0.2, 0.25) is 10.0 Å². The number of piperidine rings is 1. The maximum atomic E-state index is 13.5. The number of nitrogens with zero attached hydrogens (tertiary/aromatic N) is 2. The van der Waals surface area contributed by atoms with Crippen molar-refractivity contribution in [2.75, 3.05) is 30.3 Å². The molecule has 1 fully saturated rings. The first-order valence-corrected chi connectivity index (χ1v) is 10.9. The topological polar surface area (TPSA) is 79.0 Å². The zero-order valence-corrected chi connectivity index (χ0v) is 16.5. The summed E-state index contributed by atoms with van der Waals surface area (Å²) in [6.45, 7) is 4.86. The molecule has 1 unspecified atom stereocenters. The molecule has 7 nitrogen and oxygen atoms in total. The van der Waals surface area contributed by atoms with E-state index in [4.69, 9.17) is 4.74 Å². The third-order valence-corrected chi connectivity index (χ3v) is 6.94. The molecule has 150 valence electrons. The molecule has 0 aromatic heterocycles. The zero-order valence-electron chi connectivity index (χ0n) is 15.7. The van der Waals surface area contributed by atoms with Gasteiger partial charge in [-0.1, -0.05) is 6.92 Å². The standard InChI is InChI=1S/C18H26FN3O4S/c1-3-10-27(24,25)21-8-6-15(7-9-21)20-18(23)22-12-13(2)26-17-11-14(19)4-5-16(17)22/h4-5,11,13,15H,3,6-10,12H2,1-2H3,(H,20,23). The number of benzene rings is 1. The predicted octanol–water partition coefficient (Wildman–Crippen LogP) is 2.33. The van der Waals surface area contributed by atoms with Crippen molar-refractivity contribution in [3.63, 3.8) is 0 Å². The first-order valence-electron chi connectivity index (χ1n) is 9.32. The van der Waals surface area contributed by atoms with Crippen LogP contribution in [0, 0.1) is 5.82 Å². The molecule has 0 spiro atoms. The molecule has 2 aliphatic heterocycles. The molecule has 3 rings (SSSR count). The third kappa shape index (κ3) is 4.52. The number of carbonyl (C=O) groups is 1. The molecular weight excluding hydrogens is 373 g/mol. The van der Waals surface area contributed by atoms with Gasteiger partial charge in [0.1, 0.15) is 17.7 Å². The Balaban J connectivity index is 1.62. The SMILES string of the molecule is CCCS(=O)(=O)N1CCC(NC(=O)N2CC(C)Oc3cc(F)ccc32)CC1. The minimum absolute atomic E-state index is 0.0902. The van der Waals surface area contributed by atoms with Crippen LogP contribution in [0.3, 0.4) is 0 Å². The van der Waals surface area contributed by atoms with E-state index < -0.39 is 15.8 Å². The minimum atomic E-state index is -3.20. The molecule has 1 N–H and O–H groups in total. The number of amides is 2. The fraction of sp³-hybridized carbons (Fsp3) is 0.611. The Morgan fingerprint density at radius 1 is 1.33 bits per heavy atom. The highest BCUT2D eigenvalue weighted by Gasteiger charge is 2.32. The van der Waals surface area contributed by atoms with E-state index in [0.717, 1.165) is 0 Å². The number of nitrogens with one attached hydrogen (secondary N) is 1. The summed E-state index contributed by atoms with van der Waals surface area (Å²) in [6, 6.07) is 3.76. The number of sulfonamides is 1. The summed E-state index contributed by atoms with van der Waals surface area (Å²) in [6.07, 6.45) is 1.50. The highest BCUT2D eigenvalue weighted by atomic mass is 32.2. The lowest BCUT2D eigenvalue weighted by Crippen LogP contribution is -2.53. The van der Waals surface area contributed by atoms with Gasteiger partial charge in [0.15, 0.2) is 0 Å². The molecule has 0 saturated carbocycles. The molecule has 1 saturated heterocycles. The first-order chi connectivity index (χ1) is 12.8. The van der Waals surface area contributed by atoms with Crippen molar-refractivity contribution in [2.45, 2.75) is 45.3 Å². The average Bonchev–Trinajstić information content (AvgIpc) is 2.61. The second-order valence-electron chi connectivity index (χ2n) is 7.09. The van der Waals surface area contributed by atoms with E-state index in [0.29, 0.717) is 50.3 Å². The van der Waals surface area contributed by atoms with E-state index in [9.17, 15) is 17.6 Å². The van der Waals surface area contributed by atoms with Crippen LogP contribution < -0.4 is 15.0 Å². The number of fused-ring (bicyclic) bond motifs is 1. The summed E-state index contributed by atoms with van der Waals surface area (Å²) in [5, 5.41) is 2.98. The Morgan fingerprint density at radius 2 is 2.04 bits per heavy atom. The Hall–Kier alpha value is -1.87. The van der Waals surface area contributed by atoms with Crippen LogP contribution in [0.1, 0.15) is 33.1 Å². The van der Waals surface area contributed by atoms with Gasteiger partial charge in [-0.25, -0.2) is 21.9 Å². The van der Waals surface area contributed by atoms with Gasteiger partial charge >= 0.3 is 6.03 Å². The Labute approximate surface area is 159 Å². The van der Waals surface area contributed by atoms with E-state index in [1.807, 2.05) is 13.8 Å². The lowest BCUT2D eigenvalue weighted by Gasteiger charge is -2.36. The predicted molar refractivity (Wildman–Crippen MR) is 101 cm³/mol. The van der Waals surface area contributed by atoms with Crippen LogP contribution in [0.25, 0.3) is 0 Å². The highest BCUT2D eigenvalue weighted by Crippen LogP contribution is 2.34. The van der Waals surface area contributed by atoms with Gasteiger partial charge in [-0.15, -0.1) is 0 Å². The van der Waals surface area contributed by atoms with Crippen molar-refractivity contribution in [2.24, 2.45) is 0 Å². The zero-order chi connectivity index (χ0) is 19.6. The van der Waals surface area contributed by atoms with Gasteiger partial charge < -0.3 is 10.1 Å². The molecule has 9 heteroatoms. The Kier molecular flexibility index (Phi) is 5.90. The molecule has 0 aliphatic carbocycles. The quantitative estimate of drug-likeness (QED) is 0.843. The lowest BCUT2D eigenvalue weighted by molar-refractivity contribution is 0.200. The molecule has 27 heavy (non-hydrogen) atoms. The first kappa shape index (κ1) is 19.9. The maximum Gasteiger partial charge on any atom is 0.322 e. The van der Waals surface area contributed by atoms with Crippen molar-refractivity contribution >= 4 is 21.7 Å². The van der Waals surface area contributed by atoms with Gasteiger partial charge in [-0.3, -0.25) is 4.90 Å². The molecule has 0 radical (unpaired) electrons.